The maximum atomic E-state index is 6.31. The van der Waals surface area contributed by atoms with Gasteiger partial charge < -0.3 is 4.42 Å². The third kappa shape index (κ3) is 4.52. The first-order chi connectivity index (χ1) is 22.3. The van der Waals surface area contributed by atoms with Gasteiger partial charge in [0.1, 0.15) is 11.2 Å². The SMILES string of the molecule is C1=CC(c2nc(-c3ccccc3)cc(-c3ccc4oc5ccc(-c6ccc7c(ccc8ccccc87)c6)cc5c4c3)n2)=CCC1. The van der Waals surface area contributed by atoms with Crippen LogP contribution < -0.4 is 0 Å². The molecule has 0 radical (unpaired) electrons. The molecule has 8 aromatic rings. The molecule has 0 saturated heterocycles. The summed E-state index contributed by atoms with van der Waals surface area (Å²) >= 11 is 0. The van der Waals surface area contributed by atoms with Gasteiger partial charge in [0.25, 0.3) is 0 Å². The summed E-state index contributed by atoms with van der Waals surface area (Å²) < 4.78 is 6.31. The molecule has 3 heteroatoms. The fourth-order valence-corrected chi connectivity index (χ4v) is 6.57. The molecule has 0 aliphatic heterocycles. The summed E-state index contributed by atoms with van der Waals surface area (Å²) in [4.78, 5) is 10.1. The van der Waals surface area contributed by atoms with Crippen LogP contribution in [0, 0.1) is 0 Å². The minimum atomic E-state index is 0.755. The molecule has 0 spiro atoms. The molecule has 0 atom stereocenters. The van der Waals surface area contributed by atoms with Crippen LogP contribution >= 0.6 is 0 Å². The number of rotatable bonds is 4. The Kier molecular flexibility index (Phi) is 5.95. The summed E-state index contributed by atoms with van der Waals surface area (Å²) in [6.45, 7) is 0. The Hall–Kier alpha value is -5.80. The Balaban J connectivity index is 1.17. The van der Waals surface area contributed by atoms with Gasteiger partial charge in [0.15, 0.2) is 5.82 Å². The fraction of sp³-hybridized carbons (Fsp3) is 0.0476. The predicted molar refractivity (Wildman–Crippen MR) is 187 cm³/mol. The highest BCUT2D eigenvalue weighted by atomic mass is 16.3. The van der Waals surface area contributed by atoms with E-state index in [1.54, 1.807) is 0 Å². The van der Waals surface area contributed by atoms with Gasteiger partial charge in [-0.3, -0.25) is 0 Å². The van der Waals surface area contributed by atoms with E-state index >= 15 is 0 Å². The van der Waals surface area contributed by atoms with Crippen molar-refractivity contribution < 1.29 is 4.42 Å². The Bertz CT molecular complexity index is 2480. The van der Waals surface area contributed by atoms with Crippen LogP contribution in [0.2, 0.25) is 0 Å². The molecule has 1 aliphatic carbocycles. The average Bonchev–Trinajstić information content (AvgIpc) is 3.49. The number of hydrogen-bond acceptors (Lipinski definition) is 3. The number of aromatic nitrogens is 2. The number of allylic oxidation sites excluding steroid dienone is 4. The standard InChI is InChI=1S/C42H28N2O/c1-3-10-28(11-4-1)38-26-39(44-42(43-38)29-12-5-2-6-13-29)33-19-22-41-37(25-33)36-24-31(18-21-40(36)45-41)30-17-20-35-32(23-30)16-15-27-9-7-8-14-34(27)35/h1,3-5,7-26H,2,6H2. The summed E-state index contributed by atoms with van der Waals surface area (Å²) in [7, 11) is 0. The number of nitrogens with zero attached hydrogens (tertiary/aromatic N) is 2. The van der Waals surface area contributed by atoms with Gasteiger partial charge in [-0.15, -0.1) is 0 Å². The van der Waals surface area contributed by atoms with Gasteiger partial charge in [0.05, 0.1) is 11.4 Å². The number of benzene rings is 6. The molecule has 45 heavy (non-hydrogen) atoms. The minimum absolute atomic E-state index is 0.755. The van der Waals surface area contributed by atoms with Crippen molar-refractivity contribution in [2.24, 2.45) is 0 Å². The molecule has 0 bridgehead atoms. The van der Waals surface area contributed by atoms with Crippen LogP contribution in [0.25, 0.3) is 82.7 Å². The van der Waals surface area contributed by atoms with Crippen LogP contribution in [-0.4, -0.2) is 9.97 Å². The fourth-order valence-electron chi connectivity index (χ4n) is 6.57. The molecule has 2 aromatic heterocycles. The van der Waals surface area contributed by atoms with Crippen molar-refractivity contribution in [2.75, 3.05) is 0 Å². The molecular weight excluding hydrogens is 548 g/mol. The van der Waals surface area contributed by atoms with Gasteiger partial charge in [-0.05, 0) is 88.0 Å². The average molecular weight is 577 g/mol. The van der Waals surface area contributed by atoms with Crippen molar-refractivity contribution >= 4 is 49.1 Å². The molecule has 1 aliphatic rings. The number of hydrogen-bond donors (Lipinski definition) is 0. The highest BCUT2D eigenvalue weighted by Crippen LogP contribution is 2.37. The largest absolute Gasteiger partial charge is 0.456 e. The smallest absolute Gasteiger partial charge is 0.160 e. The molecule has 0 amide bonds. The van der Waals surface area contributed by atoms with E-state index in [0.29, 0.717) is 0 Å². The number of furan rings is 1. The molecule has 3 nitrogen and oxygen atoms in total. The normalized spacial score (nSPS) is 13.2. The van der Waals surface area contributed by atoms with Crippen molar-refractivity contribution in [3.05, 3.63) is 151 Å². The molecule has 0 unspecified atom stereocenters. The van der Waals surface area contributed by atoms with Gasteiger partial charge >= 0.3 is 0 Å². The first kappa shape index (κ1) is 25.7. The second kappa shape index (κ2) is 10.4. The Morgan fingerprint density at radius 1 is 0.467 bits per heavy atom. The lowest BCUT2D eigenvalue weighted by Crippen LogP contribution is -1.99. The van der Waals surface area contributed by atoms with E-state index in [1.165, 1.54) is 27.1 Å². The summed E-state index contributed by atoms with van der Waals surface area (Å²) in [6, 6.07) is 45.1. The molecule has 0 N–H and O–H groups in total. The van der Waals surface area contributed by atoms with Crippen molar-refractivity contribution in [3.8, 4) is 33.6 Å². The molecule has 0 saturated carbocycles. The predicted octanol–water partition coefficient (Wildman–Crippen LogP) is 11.4. The van der Waals surface area contributed by atoms with Crippen LogP contribution in [0.15, 0.2) is 150 Å². The molecule has 2 heterocycles. The zero-order chi connectivity index (χ0) is 29.7. The van der Waals surface area contributed by atoms with Crippen molar-refractivity contribution in [2.45, 2.75) is 12.8 Å². The van der Waals surface area contributed by atoms with E-state index in [4.69, 9.17) is 14.4 Å². The van der Waals surface area contributed by atoms with Gasteiger partial charge in [-0.25, -0.2) is 9.97 Å². The van der Waals surface area contributed by atoms with Gasteiger partial charge in [0, 0.05) is 27.5 Å². The third-order valence-corrected chi connectivity index (χ3v) is 8.89. The van der Waals surface area contributed by atoms with E-state index in [9.17, 15) is 0 Å². The van der Waals surface area contributed by atoms with Crippen molar-refractivity contribution in [1.82, 2.24) is 9.97 Å². The highest BCUT2D eigenvalue weighted by molar-refractivity contribution is 6.10. The van der Waals surface area contributed by atoms with Gasteiger partial charge in [-0.1, -0.05) is 103 Å². The van der Waals surface area contributed by atoms with E-state index in [0.717, 1.165) is 74.3 Å². The molecule has 9 rings (SSSR count). The van der Waals surface area contributed by atoms with E-state index in [-0.39, 0.29) is 0 Å². The second-order valence-electron chi connectivity index (χ2n) is 11.7. The zero-order valence-corrected chi connectivity index (χ0v) is 24.6. The van der Waals surface area contributed by atoms with E-state index in [1.807, 2.05) is 6.07 Å². The maximum absolute atomic E-state index is 6.31. The third-order valence-electron chi connectivity index (χ3n) is 8.89. The van der Waals surface area contributed by atoms with E-state index < -0.39 is 0 Å². The first-order valence-electron chi connectivity index (χ1n) is 15.5. The second-order valence-corrected chi connectivity index (χ2v) is 11.7. The minimum Gasteiger partial charge on any atom is -0.456 e. The summed E-state index contributed by atoms with van der Waals surface area (Å²) in [5, 5.41) is 7.23. The molecule has 212 valence electrons. The van der Waals surface area contributed by atoms with Crippen LogP contribution in [-0.2, 0) is 0 Å². The van der Waals surface area contributed by atoms with E-state index in [2.05, 4.69) is 140 Å². The lowest BCUT2D eigenvalue weighted by Gasteiger charge is -2.11. The Labute approximate surface area is 260 Å². The summed E-state index contributed by atoms with van der Waals surface area (Å²) in [5.74, 6) is 0.755. The lowest BCUT2D eigenvalue weighted by molar-refractivity contribution is 0.669. The van der Waals surface area contributed by atoms with Gasteiger partial charge in [-0.2, -0.15) is 0 Å². The van der Waals surface area contributed by atoms with Gasteiger partial charge in [0.2, 0.25) is 0 Å². The van der Waals surface area contributed by atoms with Crippen LogP contribution in [0.1, 0.15) is 18.7 Å². The van der Waals surface area contributed by atoms with Crippen LogP contribution in [0.3, 0.4) is 0 Å². The topological polar surface area (TPSA) is 38.9 Å². The molecule has 6 aromatic carbocycles. The lowest BCUT2D eigenvalue weighted by atomic mass is 9.96. The monoisotopic (exact) mass is 576 g/mol. The summed E-state index contributed by atoms with van der Waals surface area (Å²) in [6.07, 6.45) is 8.63. The first-order valence-corrected chi connectivity index (χ1v) is 15.5. The molecular formula is C42H28N2O. The van der Waals surface area contributed by atoms with Crippen LogP contribution in [0.5, 0.6) is 0 Å². The Morgan fingerprint density at radius 2 is 1.13 bits per heavy atom. The van der Waals surface area contributed by atoms with Crippen molar-refractivity contribution in [3.63, 3.8) is 0 Å². The van der Waals surface area contributed by atoms with Crippen LogP contribution in [0.4, 0.5) is 0 Å². The molecule has 0 fully saturated rings. The number of fused-ring (bicyclic) bond motifs is 6. The highest BCUT2D eigenvalue weighted by Gasteiger charge is 2.15. The quantitative estimate of drug-likeness (QED) is 0.196. The van der Waals surface area contributed by atoms with Crippen molar-refractivity contribution in [1.29, 1.82) is 0 Å². The zero-order valence-electron chi connectivity index (χ0n) is 24.6. The Morgan fingerprint density at radius 3 is 1.96 bits per heavy atom. The summed E-state index contributed by atoms with van der Waals surface area (Å²) in [5.41, 5.74) is 9.09. The maximum Gasteiger partial charge on any atom is 0.160 e.